The molecule has 21 heavy (non-hydrogen) atoms. The lowest BCUT2D eigenvalue weighted by Crippen LogP contribution is -2.03. The van der Waals surface area contributed by atoms with Crippen molar-refractivity contribution in [1.29, 1.82) is 5.26 Å². The lowest BCUT2D eigenvalue weighted by Gasteiger charge is -2.05. The van der Waals surface area contributed by atoms with E-state index < -0.39 is 5.82 Å². The van der Waals surface area contributed by atoms with Gasteiger partial charge in [0, 0.05) is 0 Å². The highest BCUT2D eigenvalue weighted by Crippen LogP contribution is 2.29. The van der Waals surface area contributed by atoms with Crippen LogP contribution in [0.3, 0.4) is 0 Å². The summed E-state index contributed by atoms with van der Waals surface area (Å²) in [6.45, 7) is 1.77. The van der Waals surface area contributed by atoms with Gasteiger partial charge in [-0.25, -0.2) is 9.07 Å². The minimum absolute atomic E-state index is 0.147. The van der Waals surface area contributed by atoms with Crippen molar-refractivity contribution < 1.29 is 8.81 Å². The average Bonchev–Trinajstić information content (AvgIpc) is 3.04. The van der Waals surface area contributed by atoms with Gasteiger partial charge in [0.1, 0.15) is 29.0 Å². The van der Waals surface area contributed by atoms with Crippen molar-refractivity contribution in [1.82, 2.24) is 9.78 Å². The number of nitriles is 1. The molecule has 0 atom stereocenters. The highest BCUT2D eigenvalue weighted by molar-refractivity contribution is 5.70. The zero-order valence-corrected chi connectivity index (χ0v) is 11.2. The summed E-state index contributed by atoms with van der Waals surface area (Å²) in [7, 11) is 0. The fourth-order valence-corrected chi connectivity index (χ4v) is 2.16. The number of halogens is 1. The first kappa shape index (κ1) is 12.9. The lowest BCUT2D eigenvalue weighted by atomic mass is 10.2. The Morgan fingerprint density at radius 2 is 2.19 bits per heavy atom. The summed E-state index contributed by atoms with van der Waals surface area (Å²) in [4.78, 5) is 0. The highest BCUT2D eigenvalue weighted by Gasteiger charge is 2.20. The minimum atomic E-state index is -0.391. The number of furan rings is 1. The smallest absolute Gasteiger partial charge is 0.155 e. The standard InChI is InChI=1S/C15H11FN4O/c1-9-5-10(16)7-11(6-9)20-15(18)12(8-17)14(19-20)13-3-2-4-21-13/h2-7H,18H2,1H3. The molecule has 0 spiro atoms. The normalized spacial score (nSPS) is 10.5. The molecule has 0 bridgehead atoms. The van der Waals surface area contributed by atoms with Crippen molar-refractivity contribution in [2.45, 2.75) is 6.92 Å². The number of nitrogens with two attached hydrogens (primary N) is 1. The van der Waals surface area contributed by atoms with Gasteiger partial charge in [-0.15, -0.1) is 0 Å². The summed E-state index contributed by atoms with van der Waals surface area (Å²) < 4.78 is 20.1. The van der Waals surface area contributed by atoms with Crippen LogP contribution in [0.1, 0.15) is 11.1 Å². The Bertz CT molecular complexity index is 823. The monoisotopic (exact) mass is 282 g/mol. The second-order valence-electron chi connectivity index (χ2n) is 4.60. The van der Waals surface area contributed by atoms with Crippen LogP contribution >= 0.6 is 0 Å². The molecule has 0 radical (unpaired) electrons. The summed E-state index contributed by atoms with van der Waals surface area (Å²) in [5.74, 6) is 0.192. The molecule has 0 aliphatic carbocycles. The molecule has 3 aromatic rings. The Kier molecular flexibility index (Phi) is 2.95. The van der Waals surface area contributed by atoms with Crippen LogP contribution in [0.2, 0.25) is 0 Å². The molecule has 0 amide bonds. The predicted molar refractivity (Wildman–Crippen MR) is 75.1 cm³/mol. The first-order valence-corrected chi connectivity index (χ1v) is 6.20. The second-order valence-corrected chi connectivity index (χ2v) is 4.60. The third-order valence-electron chi connectivity index (χ3n) is 3.06. The maximum Gasteiger partial charge on any atom is 0.155 e. The van der Waals surface area contributed by atoms with E-state index in [0.29, 0.717) is 17.1 Å². The third kappa shape index (κ3) is 2.15. The number of nitrogens with zero attached hydrogens (tertiary/aromatic N) is 3. The van der Waals surface area contributed by atoms with E-state index in [1.165, 1.54) is 23.1 Å². The van der Waals surface area contributed by atoms with Gasteiger partial charge in [0.05, 0.1) is 12.0 Å². The van der Waals surface area contributed by atoms with E-state index in [0.717, 1.165) is 5.56 Å². The summed E-state index contributed by atoms with van der Waals surface area (Å²) in [5, 5.41) is 13.6. The van der Waals surface area contributed by atoms with E-state index in [2.05, 4.69) is 5.10 Å². The van der Waals surface area contributed by atoms with Gasteiger partial charge in [-0.3, -0.25) is 0 Å². The number of hydrogen-bond donors (Lipinski definition) is 1. The quantitative estimate of drug-likeness (QED) is 0.783. The Hall–Kier alpha value is -3.07. The van der Waals surface area contributed by atoms with Crippen LogP contribution in [0.25, 0.3) is 17.1 Å². The number of aromatic nitrogens is 2. The Morgan fingerprint density at radius 3 is 2.81 bits per heavy atom. The van der Waals surface area contributed by atoms with Crippen LogP contribution in [-0.2, 0) is 0 Å². The van der Waals surface area contributed by atoms with E-state index in [1.54, 1.807) is 25.1 Å². The fraction of sp³-hybridized carbons (Fsp3) is 0.0667. The molecular weight excluding hydrogens is 271 g/mol. The van der Waals surface area contributed by atoms with Gasteiger partial charge in [-0.2, -0.15) is 10.4 Å². The van der Waals surface area contributed by atoms with Crippen LogP contribution in [0.15, 0.2) is 41.0 Å². The van der Waals surface area contributed by atoms with Gasteiger partial charge >= 0.3 is 0 Å². The number of anilines is 1. The molecule has 0 saturated carbocycles. The van der Waals surface area contributed by atoms with Crippen LogP contribution in [0.4, 0.5) is 10.2 Å². The summed E-state index contributed by atoms with van der Waals surface area (Å²) in [6.07, 6.45) is 1.48. The molecule has 5 nitrogen and oxygen atoms in total. The van der Waals surface area contributed by atoms with Gasteiger partial charge in [0.15, 0.2) is 5.76 Å². The van der Waals surface area contributed by atoms with E-state index in [9.17, 15) is 9.65 Å². The Balaban J connectivity index is 2.23. The molecule has 2 heterocycles. The molecule has 2 aromatic heterocycles. The van der Waals surface area contributed by atoms with Crippen molar-refractivity contribution in [3.05, 3.63) is 53.5 Å². The Labute approximate surface area is 120 Å². The van der Waals surface area contributed by atoms with Crippen molar-refractivity contribution in [2.75, 3.05) is 5.73 Å². The molecule has 2 N–H and O–H groups in total. The molecule has 0 unspecified atom stereocenters. The van der Waals surface area contributed by atoms with Crippen molar-refractivity contribution in [2.24, 2.45) is 0 Å². The van der Waals surface area contributed by atoms with E-state index in [4.69, 9.17) is 10.2 Å². The van der Waals surface area contributed by atoms with Gasteiger partial charge in [0.25, 0.3) is 0 Å². The fourth-order valence-electron chi connectivity index (χ4n) is 2.16. The van der Waals surface area contributed by atoms with Crippen molar-refractivity contribution in [3.63, 3.8) is 0 Å². The van der Waals surface area contributed by atoms with Gasteiger partial charge in [0.2, 0.25) is 0 Å². The van der Waals surface area contributed by atoms with Crippen molar-refractivity contribution >= 4 is 5.82 Å². The number of hydrogen-bond acceptors (Lipinski definition) is 4. The molecule has 6 heteroatoms. The number of rotatable bonds is 2. The number of benzene rings is 1. The zero-order chi connectivity index (χ0) is 15.0. The van der Waals surface area contributed by atoms with E-state index >= 15 is 0 Å². The summed E-state index contributed by atoms with van der Waals surface area (Å²) in [6, 6.07) is 9.84. The third-order valence-corrected chi connectivity index (χ3v) is 3.06. The minimum Gasteiger partial charge on any atom is -0.463 e. The highest BCUT2D eigenvalue weighted by atomic mass is 19.1. The predicted octanol–water partition coefficient (Wildman–Crippen LogP) is 3.03. The summed E-state index contributed by atoms with van der Waals surface area (Å²) >= 11 is 0. The number of nitrogen functional groups attached to an aromatic ring is 1. The molecule has 0 aliphatic heterocycles. The lowest BCUT2D eigenvalue weighted by molar-refractivity contribution is 0.579. The summed E-state index contributed by atoms with van der Waals surface area (Å²) in [5.41, 5.74) is 7.69. The molecule has 3 rings (SSSR count). The van der Waals surface area contributed by atoms with E-state index in [1.807, 2.05) is 6.07 Å². The van der Waals surface area contributed by atoms with Crippen LogP contribution in [-0.4, -0.2) is 9.78 Å². The Morgan fingerprint density at radius 1 is 1.38 bits per heavy atom. The topological polar surface area (TPSA) is 80.8 Å². The molecular formula is C15H11FN4O. The molecule has 104 valence electrons. The maximum absolute atomic E-state index is 13.5. The van der Waals surface area contributed by atoms with Gasteiger partial charge in [-0.1, -0.05) is 0 Å². The molecule has 0 fully saturated rings. The average molecular weight is 282 g/mol. The molecule has 0 aliphatic rings. The molecule has 0 saturated heterocycles. The van der Waals surface area contributed by atoms with Crippen LogP contribution < -0.4 is 5.73 Å². The first-order chi connectivity index (χ1) is 10.1. The van der Waals surface area contributed by atoms with Crippen LogP contribution in [0, 0.1) is 24.1 Å². The first-order valence-electron chi connectivity index (χ1n) is 6.20. The van der Waals surface area contributed by atoms with Gasteiger partial charge in [-0.05, 0) is 42.8 Å². The maximum atomic E-state index is 13.5. The van der Waals surface area contributed by atoms with Crippen molar-refractivity contribution in [3.8, 4) is 23.2 Å². The largest absolute Gasteiger partial charge is 0.463 e. The SMILES string of the molecule is Cc1cc(F)cc(-n2nc(-c3ccco3)c(C#N)c2N)c1. The van der Waals surface area contributed by atoms with E-state index in [-0.39, 0.29) is 11.4 Å². The zero-order valence-electron chi connectivity index (χ0n) is 11.2. The van der Waals surface area contributed by atoms with Gasteiger partial charge < -0.3 is 10.2 Å². The molecule has 1 aromatic carbocycles. The number of aryl methyl sites for hydroxylation is 1. The van der Waals surface area contributed by atoms with Crippen LogP contribution in [0.5, 0.6) is 0 Å². The second kappa shape index (κ2) is 4.80.